The first kappa shape index (κ1) is 31.6. The Morgan fingerprint density at radius 3 is 2.28 bits per heavy atom. The fourth-order valence-electron chi connectivity index (χ4n) is 5.20. The lowest BCUT2D eigenvalue weighted by atomic mass is 10.0. The maximum atomic E-state index is 13.5. The van der Waals surface area contributed by atoms with E-state index in [4.69, 9.17) is 4.74 Å². The van der Waals surface area contributed by atoms with E-state index in [-0.39, 0.29) is 11.5 Å². The average Bonchev–Trinajstić information content (AvgIpc) is 3.08. The number of rotatable bonds is 10. The van der Waals surface area contributed by atoms with Gasteiger partial charge in [0, 0.05) is 49.7 Å². The summed E-state index contributed by atoms with van der Waals surface area (Å²) in [5, 5.41) is 15.1. The van der Waals surface area contributed by atoms with Crippen molar-refractivity contribution < 1.29 is 33.4 Å². The lowest BCUT2D eigenvalue weighted by Gasteiger charge is -2.37. The van der Waals surface area contributed by atoms with E-state index in [0.717, 1.165) is 0 Å². The molecule has 236 valence electrons. The molecule has 0 radical (unpaired) electrons. The predicted octanol–water partition coefficient (Wildman–Crippen LogP) is 4.39. The molecule has 4 aromatic rings. The standard InChI is InChI=1S/C34H32FN5O6/c1-46-27-6-2-4-23(18-27)32(43)38-29-19-24(33(44)37-28(20-31(41)42)22-7-10-26(35)11-8-22)9-12-30(29)39-14-16-40(17-15-39)34(45)25-5-3-13-36-21-25/h2-13,18-19,21,28H,14-17,20H2,1H3,(H,37,44)(H,38,43)(H,41,42). The van der Waals surface area contributed by atoms with Crippen LogP contribution < -0.4 is 20.3 Å². The molecule has 1 atom stereocenters. The van der Waals surface area contributed by atoms with Crippen LogP contribution in [0.15, 0.2) is 91.3 Å². The summed E-state index contributed by atoms with van der Waals surface area (Å²) in [5.74, 6) is -2.26. The smallest absolute Gasteiger partial charge is 0.305 e. The van der Waals surface area contributed by atoms with Gasteiger partial charge >= 0.3 is 5.97 Å². The van der Waals surface area contributed by atoms with Crippen LogP contribution in [0.5, 0.6) is 5.75 Å². The summed E-state index contributed by atoms with van der Waals surface area (Å²) in [6, 6.07) is 19.2. The van der Waals surface area contributed by atoms with Crippen molar-refractivity contribution in [1.29, 1.82) is 0 Å². The molecule has 0 bridgehead atoms. The van der Waals surface area contributed by atoms with Crippen LogP contribution in [0.4, 0.5) is 15.8 Å². The Balaban J connectivity index is 1.40. The molecule has 3 N–H and O–H groups in total. The van der Waals surface area contributed by atoms with E-state index >= 15 is 0 Å². The first-order chi connectivity index (χ1) is 22.2. The highest BCUT2D eigenvalue weighted by atomic mass is 19.1. The summed E-state index contributed by atoms with van der Waals surface area (Å²) < 4.78 is 18.8. The number of anilines is 2. The fourth-order valence-corrected chi connectivity index (χ4v) is 5.20. The van der Waals surface area contributed by atoms with Crippen molar-refractivity contribution in [3.05, 3.63) is 119 Å². The predicted molar refractivity (Wildman–Crippen MR) is 169 cm³/mol. The van der Waals surface area contributed by atoms with Gasteiger partial charge in [0.25, 0.3) is 17.7 Å². The number of hydrogen-bond acceptors (Lipinski definition) is 7. The van der Waals surface area contributed by atoms with Gasteiger partial charge in [-0.3, -0.25) is 24.2 Å². The first-order valence-electron chi connectivity index (χ1n) is 14.5. The van der Waals surface area contributed by atoms with Crippen LogP contribution in [0.1, 0.15) is 49.1 Å². The number of aromatic nitrogens is 1. The third-order valence-electron chi connectivity index (χ3n) is 7.61. The van der Waals surface area contributed by atoms with Gasteiger partial charge in [-0.05, 0) is 66.2 Å². The van der Waals surface area contributed by atoms with E-state index in [2.05, 4.69) is 15.6 Å². The lowest BCUT2D eigenvalue weighted by molar-refractivity contribution is -0.137. The minimum Gasteiger partial charge on any atom is -0.497 e. The normalized spacial score (nSPS) is 13.4. The van der Waals surface area contributed by atoms with Crippen LogP contribution in [0, 0.1) is 5.82 Å². The Morgan fingerprint density at radius 1 is 0.891 bits per heavy atom. The van der Waals surface area contributed by atoms with Crippen LogP contribution in [0.2, 0.25) is 0 Å². The second-order valence-electron chi connectivity index (χ2n) is 10.6. The number of halogens is 1. The number of carbonyl (C=O) groups is 4. The number of methoxy groups -OCH3 is 1. The highest BCUT2D eigenvalue weighted by molar-refractivity contribution is 6.07. The number of benzene rings is 3. The zero-order valence-corrected chi connectivity index (χ0v) is 25.0. The molecule has 1 aromatic heterocycles. The largest absolute Gasteiger partial charge is 0.497 e. The van der Waals surface area contributed by atoms with E-state index in [1.165, 1.54) is 43.6 Å². The summed E-state index contributed by atoms with van der Waals surface area (Å²) in [7, 11) is 1.50. The fraction of sp³-hybridized carbons (Fsp3) is 0.206. The molecule has 5 rings (SSSR count). The summed E-state index contributed by atoms with van der Waals surface area (Å²) in [6.07, 6.45) is 2.72. The summed E-state index contributed by atoms with van der Waals surface area (Å²) in [4.78, 5) is 59.1. The molecule has 46 heavy (non-hydrogen) atoms. The van der Waals surface area contributed by atoms with Crippen molar-refractivity contribution in [1.82, 2.24) is 15.2 Å². The van der Waals surface area contributed by atoms with E-state index in [0.29, 0.717) is 60.0 Å². The van der Waals surface area contributed by atoms with Gasteiger partial charge in [-0.1, -0.05) is 18.2 Å². The molecule has 3 aromatic carbocycles. The highest BCUT2D eigenvalue weighted by Gasteiger charge is 2.26. The van der Waals surface area contributed by atoms with Crippen molar-refractivity contribution in [3.8, 4) is 5.75 Å². The molecule has 1 aliphatic rings. The number of nitrogens with one attached hydrogen (secondary N) is 2. The Morgan fingerprint density at radius 2 is 1.61 bits per heavy atom. The van der Waals surface area contributed by atoms with Gasteiger partial charge in [0.2, 0.25) is 0 Å². The Hall–Kier alpha value is -5.78. The number of carbonyl (C=O) groups excluding carboxylic acids is 3. The summed E-state index contributed by atoms with van der Waals surface area (Å²) in [5.41, 5.74) is 2.43. The quantitative estimate of drug-likeness (QED) is 0.236. The Kier molecular flexibility index (Phi) is 9.86. The first-order valence-corrected chi connectivity index (χ1v) is 14.5. The number of nitrogens with zero attached hydrogens (tertiary/aromatic N) is 3. The molecule has 1 unspecified atom stereocenters. The van der Waals surface area contributed by atoms with Crippen molar-refractivity contribution in [2.24, 2.45) is 0 Å². The number of ether oxygens (including phenoxy) is 1. The van der Waals surface area contributed by atoms with Crippen molar-refractivity contribution in [2.75, 3.05) is 43.5 Å². The monoisotopic (exact) mass is 625 g/mol. The molecular weight excluding hydrogens is 593 g/mol. The molecule has 3 amide bonds. The number of carboxylic acids is 1. The molecular formula is C34H32FN5O6. The third-order valence-corrected chi connectivity index (χ3v) is 7.61. The molecule has 12 heteroatoms. The van der Waals surface area contributed by atoms with E-state index < -0.39 is 36.1 Å². The van der Waals surface area contributed by atoms with Crippen molar-refractivity contribution in [3.63, 3.8) is 0 Å². The molecule has 0 spiro atoms. The van der Waals surface area contributed by atoms with Crippen molar-refractivity contribution in [2.45, 2.75) is 12.5 Å². The van der Waals surface area contributed by atoms with Gasteiger partial charge in [-0.15, -0.1) is 0 Å². The van der Waals surface area contributed by atoms with Crippen LogP contribution in [-0.2, 0) is 4.79 Å². The van der Waals surface area contributed by atoms with Gasteiger partial charge in [-0.25, -0.2) is 4.39 Å². The van der Waals surface area contributed by atoms with E-state index in [1.807, 2.05) is 4.90 Å². The summed E-state index contributed by atoms with van der Waals surface area (Å²) >= 11 is 0. The second kappa shape index (κ2) is 14.3. The van der Waals surface area contributed by atoms with Crippen LogP contribution >= 0.6 is 0 Å². The zero-order chi connectivity index (χ0) is 32.6. The summed E-state index contributed by atoms with van der Waals surface area (Å²) in [6.45, 7) is 1.78. The maximum absolute atomic E-state index is 13.5. The topological polar surface area (TPSA) is 141 Å². The number of amides is 3. The number of hydrogen-bond donors (Lipinski definition) is 3. The average molecular weight is 626 g/mol. The zero-order valence-electron chi connectivity index (χ0n) is 25.0. The SMILES string of the molecule is COc1cccc(C(=O)Nc2cc(C(=O)NC(CC(=O)O)c3ccc(F)cc3)ccc2N2CCN(C(=O)c3cccnc3)CC2)c1. The highest BCUT2D eigenvalue weighted by Crippen LogP contribution is 2.30. The number of carboxylic acid groups (broad SMARTS) is 1. The van der Waals surface area contributed by atoms with Gasteiger partial charge in [0.15, 0.2) is 0 Å². The van der Waals surface area contributed by atoms with Gasteiger partial charge in [0.1, 0.15) is 11.6 Å². The van der Waals surface area contributed by atoms with Gasteiger partial charge < -0.3 is 30.3 Å². The van der Waals surface area contributed by atoms with E-state index in [1.54, 1.807) is 59.6 Å². The molecule has 11 nitrogen and oxygen atoms in total. The molecule has 1 fully saturated rings. The molecule has 1 aliphatic heterocycles. The maximum Gasteiger partial charge on any atom is 0.305 e. The van der Waals surface area contributed by atoms with Gasteiger partial charge in [0.05, 0.1) is 36.5 Å². The number of pyridine rings is 1. The number of aliphatic carboxylic acids is 1. The second-order valence-corrected chi connectivity index (χ2v) is 10.6. The van der Waals surface area contributed by atoms with Crippen molar-refractivity contribution >= 4 is 35.1 Å². The Labute approximate surface area is 264 Å². The minimum absolute atomic E-state index is 0.122. The molecule has 1 saturated heterocycles. The van der Waals surface area contributed by atoms with Crippen LogP contribution in [-0.4, -0.2) is 72.0 Å². The molecule has 0 aliphatic carbocycles. The molecule has 0 saturated carbocycles. The lowest BCUT2D eigenvalue weighted by Crippen LogP contribution is -2.49. The van der Waals surface area contributed by atoms with Crippen LogP contribution in [0.25, 0.3) is 0 Å². The third kappa shape index (κ3) is 7.65. The molecule has 2 heterocycles. The van der Waals surface area contributed by atoms with Crippen LogP contribution in [0.3, 0.4) is 0 Å². The van der Waals surface area contributed by atoms with E-state index in [9.17, 15) is 28.7 Å². The van der Waals surface area contributed by atoms with Gasteiger partial charge in [-0.2, -0.15) is 0 Å². The Bertz CT molecular complexity index is 1730. The minimum atomic E-state index is -1.14. The number of piperazine rings is 1.